The molecular formula is C19H26N2O4. The Kier molecular flexibility index (Phi) is 5.27. The molecule has 0 bridgehead atoms. The van der Waals surface area contributed by atoms with Crippen LogP contribution in [-0.4, -0.2) is 60.8 Å². The summed E-state index contributed by atoms with van der Waals surface area (Å²) in [6.45, 7) is 3.11. The molecule has 0 aromatic heterocycles. The number of nitrogens with zero attached hydrogens (tertiary/aromatic N) is 2. The highest BCUT2D eigenvalue weighted by molar-refractivity contribution is 5.98. The van der Waals surface area contributed by atoms with Gasteiger partial charge in [0.25, 0.3) is 5.91 Å². The molecule has 1 aromatic carbocycles. The largest absolute Gasteiger partial charge is 0.479 e. The van der Waals surface area contributed by atoms with E-state index in [2.05, 4.69) is 4.90 Å². The number of amides is 1. The zero-order valence-electron chi connectivity index (χ0n) is 14.7. The molecule has 1 aliphatic heterocycles. The van der Waals surface area contributed by atoms with Gasteiger partial charge >= 0.3 is 5.97 Å². The van der Waals surface area contributed by atoms with E-state index in [0.717, 1.165) is 38.0 Å². The lowest BCUT2D eigenvalue weighted by Gasteiger charge is -2.41. The molecule has 2 aliphatic rings. The number of aliphatic carboxylic acids is 1. The van der Waals surface area contributed by atoms with Crippen LogP contribution in [0.4, 0.5) is 5.69 Å². The van der Waals surface area contributed by atoms with Gasteiger partial charge in [0.1, 0.15) is 5.54 Å². The Morgan fingerprint density at radius 1 is 1.08 bits per heavy atom. The van der Waals surface area contributed by atoms with Gasteiger partial charge in [0, 0.05) is 31.4 Å². The predicted molar refractivity (Wildman–Crippen MR) is 95.0 cm³/mol. The highest BCUT2D eigenvalue weighted by atomic mass is 16.5. The fraction of sp³-hybridized carbons (Fsp3) is 0.579. The molecule has 2 fully saturated rings. The van der Waals surface area contributed by atoms with E-state index < -0.39 is 11.5 Å². The quantitative estimate of drug-likeness (QED) is 0.906. The lowest BCUT2D eigenvalue weighted by Crippen LogP contribution is -2.56. The molecule has 3 rings (SSSR count). The normalized spacial score (nSPS) is 20.1. The highest BCUT2D eigenvalue weighted by Gasteiger charge is 2.45. The molecule has 136 valence electrons. The Morgan fingerprint density at radius 3 is 2.24 bits per heavy atom. The third-order valence-electron chi connectivity index (χ3n) is 5.52. The molecule has 6 nitrogen and oxygen atoms in total. The van der Waals surface area contributed by atoms with E-state index in [1.165, 1.54) is 4.90 Å². The van der Waals surface area contributed by atoms with Crippen LogP contribution in [0.15, 0.2) is 24.3 Å². The molecule has 1 heterocycles. The summed E-state index contributed by atoms with van der Waals surface area (Å²) in [5, 5.41) is 9.76. The first kappa shape index (κ1) is 17.7. The maximum atomic E-state index is 12.9. The lowest BCUT2D eigenvalue weighted by atomic mass is 9.80. The summed E-state index contributed by atoms with van der Waals surface area (Å²) in [4.78, 5) is 28.4. The van der Waals surface area contributed by atoms with E-state index in [9.17, 15) is 14.7 Å². The number of carboxylic acids is 1. The molecule has 0 atom stereocenters. The summed E-state index contributed by atoms with van der Waals surface area (Å²) in [5.74, 6) is -1.12. The molecular weight excluding hydrogens is 320 g/mol. The van der Waals surface area contributed by atoms with Gasteiger partial charge in [-0.1, -0.05) is 19.3 Å². The number of likely N-dealkylation sites (N-methyl/N-ethyl adjacent to an activating group) is 1. The number of morpholine rings is 1. The third-order valence-corrected chi connectivity index (χ3v) is 5.52. The van der Waals surface area contributed by atoms with Gasteiger partial charge in [-0.05, 0) is 37.1 Å². The van der Waals surface area contributed by atoms with Gasteiger partial charge in [0.2, 0.25) is 0 Å². The minimum Gasteiger partial charge on any atom is -0.479 e. The first-order valence-electron chi connectivity index (χ1n) is 8.99. The molecule has 1 aromatic rings. The molecule has 0 spiro atoms. The van der Waals surface area contributed by atoms with Crippen molar-refractivity contribution in [1.82, 2.24) is 4.90 Å². The summed E-state index contributed by atoms with van der Waals surface area (Å²) < 4.78 is 5.36. The first-order valence-corrected chi connectivity index (χ1v) is 8.99. The number of carbonyl (C=O) groups is 2. The molecule has 1 amide bonds. The zero-order chi connectivity index (χ0) is 17.9. The van der Waals surface area contributed by atoms with Crippen LogP contribution >= 0.6 is 0 Å². The van der Waals surface area contributed by atoms with E-state index in [4.69, 9.17) is 4.74 Å². The van der Waals surface area contributed by atoms with Crippen LogP contribution in [0.25, 0.3) is 0 Å². The number of benzene rings is 1. The van der Waals surface area contributed by atoms with Gasteiger partial charge in [0.15, 0.2) is 0 Å². The van der Waals surface area contributed by atoms with Crippen LogP contribution in [0.2, 0.25) is 0 Å². The fourth-order valence-electron chi connectivity index (χ4n) is 3.85. The van der Waals surface area contributed by atoms with Crippen molar-refractivity contribution in [2.24, 2.45) is 0 Å². The van der Waals surface area contributed by atoms with Gasteiger partial charge < -0.3 is 19.6 Å². The average Bonchev–Trinajstić information content (AvgIpc) is 2.68. The number of hydrogen-bond donors (Lipinski definition) is 1. The van der Waals surface area contributed by atoms with Crippen molar-refractivity contribution in [3.05, 3.63) is 29.8 Å². The molecule has 1 N–H and O–H groups in total. The Balaban J connectivity index is 1.76. The number of anilines is 1. The van der Waals surface area contributed by atoms with Crippen LogP contribution in [0.5, 0.6) is 0 Å². The van der Waals surface area contributed by atoms with Crippen molar-refractivity contribution in [1.29, 1.82) is 0 Å². The van der Waals surface area contributed by atoms with E-state index in [1.54, 1.807) is 19.2 Å². The standard InChI is InChI=1S/C19H26N2O4/c1-20(19(18(23)24)9-3-2-4-10-19)17(22)15-5-7-16(8-6-15)21-11-13-25-14-12-21/h5-8H,2-4,9-14H2,1H3,(H,23,24). The van der Waals surface area contributed by atoms with Crippen molar-refractivity contribution in [2.45, 2.75) is 37.6 Å². The number of hydrogen-bond acceptors (Lipinski definition) is 4. The number of rotatable bonds is 4. The SMILES string of the molecule is CN(C(=O)c1ccc(N2CCOCC2)cc1)C1(C(=O)O)CCCCC1. The molecule has 1 saturated carbocycles. The van der Waals surface area contributed by atoms with Crippen molar-refractivity contribution < 1.29 is 19.4 Å². The van der Waals surface area contributed by atoms with Gasteiger partial charge in [0.05, 0.1) is 13.2 Å². The lowest BCUT2D eigenvalue weighted by molar-refractivity contribution is -0.151. The summed E-state index contributed by atoms with van der Waals surface area (Å²) in [6, 6.07) is 7.45. The second-order valence-corrected chi connectivity index (χ2v) is 6.91. The average molecular weight is 346 g/mol. The monoisotopic (exact) mass is 346 g/mol. The molecule has 1 saturated heterocycles. The molecule has 6 heteroatoms. The summed E-state index contributed by atoms with van der Waals surface area (Å²) >= 11 is 0. The number of carbonyl (C=O) groups excluding carboxylic acids is 1. The zero-order valence-corrected chi connectivity index (χ0v) is 14.7. The van der Waals surface area contributed by atoms with Crippen molar-refractivity contribution in [3.8, 4) is 0 Å². The van der Waals surface area contributed by atoms with Crippen LogP contribution in [0.3, 0.4) is 0 Å². The van der Waals surface area contributed by atoms with Gasteiger partial charge in [-0.15, -0.1) is 0 Å². The smallest absolute Gasteiger partial charge is 0.329 e. The van der Waals surface area contributed by atoms with E-state index in [0.29, 0.717) is 31.6 Å². The molecule has 1 aliphatic carbocycles. The maximum absolute atomic E-state index is 12.9. The van der Waals surface area contributed by atoms with Gasteiger partial charge in [-0.2, -0.15) is 0 Å². The molecule has 0 unspecified atom stereocenters. The fourth-order valence-corrected chi connectivity index (χ4v) is 3.85. The highest BCUT2D eigenvalue weighted by Crippen LogP contribution is 2.34. The Hall–Kier alpha value is -2.08. The van der Waals surface area contributed by atoms with Crippen LogP contribution in [0, 0.1) is 0 Å². The number of carboxylic acid groups (broad SMARTS) is 1. The van der Waals surface area contributed by atoms with Crippen LogP contribution < -0.4 is 4.90 Å². The van der Waals surface area contributed by atoms with Gasteiger partial charge in [-0.3, -0.25) is 4.79 Å². The minimum atomic E-state index is -1.07. The van der Waals surface area contributed by atoms with Crippen LogP contribution in [-0.2, 0) is 9.53 Å². The van der Waals surface area contributed by atoms with Crippen LogP contribution in [0.1, 0.15) is 42.5 Å². The van der Waals surface area contributed by atoms with Crippen molar-refractivity contribution in [3.63, 3.8) is 0 Å². The van der Waals surface area contributed by atoms with E-state index in [-0.39, 0.29) is 5.91 Å². The maximum Gasteiger partial charge on any atom is 0.329 e. The van der Waals surface area contributed by atoms with Gasteiger partial charge in [-0.25, -0.2) is 4.79 Å². The second-order valence-electron chi connectivity index (χ2n) is 6.91. The Morgan fingerprint density at radius 2 is 1.68 bits per heavy atom. The van der Waals surface area contributed by atoms with Crippen molar-refractivity contribution >= 4 is 17.6 Å². The summed E-state index contributed by atoms with van der Waals surface area (Å²) in [5.41, 5.74) is 0.525. The molecule has 25 heavy (non-hydrogen) atoms. The summed E-state index contributed by atoms with van der Waals surface area (Å²) in [6.07, 6.45) is 3.78. The predicted octanol–water partition coefficient (Wildman–Crippen LogP) is 2.38. The molecule has 0 radical (unpaired) electrons. The first-order chi connectivity index (χ1) is 12.0. The second kappa shape index (κ2) is 7.44. The van der Waals surface area contributed by atoms with Crippen molar-refractivity contribution in [2.75, 3.05) is 38.3 Å². The Labute approximate surface area is 148 Å². The Bertz CT molecular complexity index is 617. The van der Waals surface area contributed by atoms with E-state index >= 15 is 0 Å². The number of ether oxygens (including phenoxy) is 1. The van der Waals surface area contributed by atoms with E-state index in [1.807, 2.05) is 12.1 Å². The topological polar surface area (TPSA) is 70.1 Å². The third kappa shape index (κ3) is 3.49. The minimum absolute atomic E-state index is 0.224. The summed E-state index contributed by atoms with van der Waals surface area (Å²) in [7, 11) is 1.62.